The van der Waals surface area contributed by atoms with E-state index >= 15 is 0 Å². The number of carbonyl (C=O) groups excluding carboxylic acids is 1. The van der Waals surface area contributed by atoms with Crippen molar-refractivity contribution in [2.24, 2.45) is 11.7 Å². The number of carbonyl (C=O) groups is 1. The molecular weight excluding hydrogens is 202 g/mol. The van der Waals surface area contributed by atoms with Crippen molar-refractivity contribution < 1.29 is 9.90 Å². The molecule has 1 aromatic carbocycles. The number of phenolic OH excluding ortho intramolecular Hbond substituents is 1. The Labute approximate surface area is 95.3 Å². The predicted octanol–water partition coefficient (Wildman–Crippen LogP) is 1.93. The number of aromatic hydroxyl groups is 1. The molecule has 0 radical (unpaired) electrons. The maximum atomic E-state index is 11.3. The lowest BCUT2D eigenvalue weighted by atomic mass is 9.76. The van der Waals surface area contributed by atoms with Crippen molar-refractivity contribution in [3.63, 3.8) is 0 Å². The molecule has 16 heavy (non-hydrogen) atoms. The molecule has 0 aromatic heterocycles. The van der Waals surface area contributed by atoms with Crippen LogP contribution in [0, 0.1) is 5.92 Å². The Morgan fingerprint density at radius 2 is 2.31 bits per heavy atom. The van der Waals surface area contributed by atoms with Crippen LogP contribution in [-0.4, -0.2) is 11.0 Å². The third-order valence-electron chi connectivity index (χ3n) is 3.54. The number of hydrogen-bond acceptors (Lipinski definition) is 2. The third kappa shape index (κ3) is 1.90. The molecule has 2 unspecified atom stereocenters. The minimum absolute atomic E-state index is 0.161. The molecule has 2 rings (SSSR count). The molecule has 0 saturated heterocycles. The van der Waals surface area contributed by atoms with Gasteiger partial charge in [-0.1, -0.05) is 13.0 Å². The largest absolute Gasteiger partial charge is 0.508 e. The summed E-state index contributed by atoms with van der Waals surface area (Å²) in [6.45, 7) is 1.87. The first-order chi connectivity index (χ1) is 7.59. The lowest BCUT2D eigenvalue weighted by Crippen LogP contribution is -2.28. The number of amides is 1. The van der Waals surface area contributed by atoms with Crippen molar-refractivity contribution in [3.05, 3.63) is 29.3 Å². The van der Waals surface area contributed by atoms with Gasteiger partial charge < -0.3 is 10.8 Å². The summed E-state index contributed by atoms with van der Waals surface area (Å²) in [5.74, 6) is -0.00212. The topological polar surface area (TPSA) is 63.3 Å². The average Bonchev–Trinajstić information content (AvgIpc) is 2.27. The molecule has 2 atom stereocenters. The fraction of sp³-hybridized carbons (Fsp3) is 0.462. The van der Waals surface area contributed by atoms with Gasteiger partial charge in [-0.25, -0.2) is 0 Å². The predicted molar refractivity (Wildman–Crippen MR) is 62.1 cm³/mol. The highest BCUT2D eigenvalue weighted by atomic mass is 16.3. The van der Waals surface area contributed by atoms with Crippen molar-refractivity contribution >= 4 is 5.91 Å². The highest BCUT2D eigenvalue weighted by molar-refractivity contribution is 5.77. The van der Waals surface area contributed by atoms with Gasteiger partial charge in [-0.05, 0) is 48.4 Å². The Morgan fingerprint density at radius 1 is 1.56 bits per heavy atom. The quantitative estimate of drug-likeness (QED) is 0.798. The molecular formula is C13H17NO2. The van der Waals surface area contributed by atoms with Crippen LogP contribution in [0.2, 0.25) is 0 Å². The second kappa shape index (κ2) is 4.16. The van der Waals surface area contributed by atoms with Crippen LogP contribution in [0.5, 0.6) is 5.75 Å². The van der Waals surface area contributed by atoms with Crippen LogP contribution in [0.4, 0.5) is 0 Å². The lowest BCUT2D eigenvalue weighted by Gasteiger charge is -2.28. The van der Waals surface area contributed by atoms with Crippen LogP contribution in [0.1, 0.15) is 36.8 Å². The van der Waals surface area contributed by atoms with Gasteiger partial charge in [0.05, 0.1) is 0 Å². The van der Waals surface area contributed by atoms with E-state index in [2.05, 4.69) is 0 Å². The summed E-state index contributed by atoms with van der Waals surface area (Å²) in [5.41, 5.74) is 7.69. The Hall–Kier alpha value is -1.51. The third-order valence-corrected chi connectivity index (χ3v) is 3.54. The molecule has 1 amide bonds. The van der Waals surface area contributed by atoms with Crippen LogP contribution in [0.3, 0.4) is 0 Å². The molecule has 0 saturated carbocycles. The maximum Gasteiger partial charge on any atom is 0.220 e. The molecule has 3 heteroatoms. The van der Waals surface area contributed by atoms with E-state index in [1.165, 1.54) is 5.56 Å². The SMILES string of the molecule is CC(C(N)=O)C1CCCc2ccc(O)cc21. The second-order valence-corrected chi connectivity index (χ2v) is 4.57. The van der Waals surface area contributed by atoms with Crippen LogP contribution >= 0.6 is 0 Å². The van der Waals surface area contributed by atoms with Crippen molar-refractivity contribution in [2.75, 3.05) is 0 Å². The summed E-state index contributed by atoms with van der Waals surface area (Å²) in [6, 6.07) is 5.43. The van der Waals surface area contributed by atoms with E-state index in [0.717, 1.165) is 24.8 Å². The molecule has 1 aliphatic rings. The first kappa shape index (κ1) is 11.0. The molecule has 3 N–H and O–H groups in total. The van der Waals surface area contributed by atoms with Gasteiger partial charge in [0.15, 0.2) is 0 Å². The van der Waals surface area contributed by atoms with E-state index < -0.39 is 0 Å². The van der Waals surface area contributed by atoms with Gasteiger partial charge in [0.25, 0.3) is 0 Å². The van der Waals surface area contributed by atoms with Crippen LogP contribution < -0.4 is 5.73 Å². The number of hydrogen-bond donors (Lipinski definition) is 2. The zero-order valence-electron chi connectivity index (χ0n) is 9.44. The van der Waals surface area contributed by atoms with Gasteiger partial charge in [-0.15, -0.1) is 0 Å². The number of benzene rings is 1. The molecule has 0 fully saturated rings. The lowest BCUT2D eigenvalue weighted by molar-refractivity contribution is -0.122. The van der Waals surface area contributed by atoms with Crippen LogP contribution in [0.15, 0.2) is 18.2 Å². The van der Waals surface area contributed by atoms with E-state index in [1.54, 1.807) is 12.1 Å². The fourth-order valence-electron chi connectivity index (χ4n) is 2.54. The maximum absolute atomic E-state index is 11.3. The summed E-state index contributed by atoms with van der Waals surface area (Å²) in [5, 5.41) is 9.51. The molecule has 3 nitrogen and oxygen atoms in total. The molecule has 0 bridgehead atoms. The molecule has 0 spiro atoms. The first-order valence-electron chi connectivity index (χ1n) is 5.70. The Morgan fingerprint density at radius 3 is 3.00 bits per heavy atom. The summed E-state index contributed by atoms with van der Waals surface area (Å²) in [6.07, 6.45) is 3.08. The zero-order chi connectivity index (χ0) is 11.7. The van der Waals surface area contributed by atoms with Gasteiger partial charge in [0.2, 0.25) is 5.91 Å². The molecule has 86 valence electrons. The minimum Gasteiger partial charge on any atom is -0.508 e. The summed E-state index contributed by atoms with van der Waals surface area (Å²) in [4.78, 5) is 11.3. The summed E-state index contributed by atoms with van der Waals surface area (Å²) >= 11 is 0. The van der Waals surface area contributed by atoms with Crippen molar-refractivity contribution in [2.45, 2.75) is 32.1 Å². The van der Waals surface area contributed by atoms with Crippen molar-refractivity contribution in [3.8, 4) is 5.75 Å². The van der Waals surface area contributed by atoms with E-state index in [0.29, 0.717) is 0 Å². The Balaban J connectivity index is 2.38. The monoisotopic (exact) mass is 219 g/mol. The van der Waals surface area contributed by atoms with E-state index in [1.807, 2.05) is 13.0 Å². The second-order valence-electron chi connectivity index (χ2n) is 4.57. The number of rotatable bonds is 2. The Bertz CT molecular complexity index is 414. The normalized spacial score (nSPS) is 21.2. The van der Waals surface area contributed by atoms with E-state index in [9.17, 15) is 9.90 Å². The first-order valence-corrected chi connectivity index (χ1v) is 5.70. The fourth-order valence-corrected chi connectivity index (χ4v) is 2.54. The average molecular weight is 219 g/mol. The van der Waals surface area contributed by atoms with Crippen LogP contribution in [0.25, 0.3) is 0 Å². The molecule has 0 heterocycles. The summed E-state index contributed by atoms with van der Waals surface area (Å²) in [7, 11) is 0. The smallest absolute Gasteiger partial charge is 0.220 e. The summed E-state index contributed by atoms with van der Waals surface area (Å²) < 4.78 is 0. The Kier molecular flexibility index (Phi) is 2.86. The highest BCUT2D eigenvalue weighted by Crippen LogP contribution is 2.38. The van der Waals surface area contributed by atoms with Gasteiger partial charge in [-0.3, -0.25) is 4.79 Å². The minimum atomic E-state index is -0.263. The van der Waals surface area contributed by atoms with Crippen LogP contribution in [-0.2, 0) is 11.2 Å². The number of fused-ring (bicyclic) bond motifs is 1. The zero-order valence-corrected chi connectivity index (χ0v) is 9.44. The van der Waals surface area contributed by atoms with E-state index in [-0.39, 0.29) is 23.5 Å². The number of phenols is 1. The number of primary amides is 1. The molecule has 1 aliphatic carbocycles. The van der Waals surface area contributed by atoms with Gasteiger partial charge in [0, 0.05) is 5.92 Å². The van der Waals surface area contributed by atoms with Gasteiger partial charge >= 0.3 is 0 Å². The van der Waals surface area contributed by atoms with Crippen molar-refractivity contribution in [1.82, 2.24) is 0 Å². The standard InChI is InChI=1S/C13H17NO2/c1-8(13(14)16)11-4-2-3-9-5-6-10(15)7-12(9)11/h5-8,11,15H,2-4H2,1H3,(H2,14,16). The van der Waals surface area contributed by atoms with Gasteiger partial charge in [0.1, 0.15) is 5.75 Å². The van der Waals surface area contributed by atoms with Gasteiger partial charge in [-0.2, -0.15) is 0 Å². The number of aryl methyl sites for hydroxylation is 1. The number of nitrogens with two attached hydrogens (primary N) is 1. The highest BCUT2D eigenvalue weighted by Gasteiger charge is 2.28. The van der Waals surface area contributed by atoms with E-state index in [4.69, 9.17) is 5.73 Å². The molecule has 1 aromatic rings. The van der Waals surface area contributed by atoms with Crippen molar-refractivity contribution in [1.29, 1.82) is 0 Å². The molecule has 0 aliphatic heterocycles.